The highest BCUT2D eigenvalue weighted by atomic mass is 32.2. The van der Waals surface area contributed by atoms with Crippen LogP contribution in [0.25, 0.3) is 0 Å². The number of carbonyl (C=O) groups is 1. The smallest absolute Gasteiger partial charge is 0.410 e. The third-order valence-electron chi connectivity index (χ3n) is 3.72. The van der Waals surface area contributed by atoms with Crippen LogP contribution in [0.5, 0.6) is 0 Å². The molecule has 0 N–H and O–H groups in total. The van der Waals surface area contributed by atoms with Gasteiger partial charge in [-0.15, -0.1) is 0 Å². The van der Waals surface area contributed by atoms with E-state index in [4.69, 9.17) is 9.47 Å². The van der Waals surface area contributed by atoms with Gasteiger partial charge in [-0.3, -0.25) is 0 Å². The summed E-state index contributed by atoms with van der Waals surface area (Å²) in [5.41, 5.74) is -1.32. The summed E-state index contributed by atoms with van der Waals surface area (Å²) in [5.74, 6) is 0. The highest BCUT2D eigenvalue weighted by Gasteiger charge is 2.49. The lowest BCUT2D eigenvalue weighted by atomic mass is 10.0. The second-order valence-electron chi connectivity index (χ2n) is 6.60. The largest absolute Gasteiger partial charge is 0.444 e. The Morgan fingerprint density at radius 1 is 1.19 bits per heavy atom. The van der Waals surface area contributed by atoms with E-state index in [-0.39, 0.29) is 6.09 Å². The average molecular weight is 320 g/mol. The molecule has 2 aliphatic heterocycles. The molecule has 8 heteroatoms. The molecule has 0 aliphatic carbocycles. The summed E-state index contributed by atoms with van der Waals surface area (Å²) in [7, 11) is -3.30. The van der Waals surface area contributed by atoms with Crippen molar-refractivity contribution in [1.82, 2.24) is 9.21 Å². The van der Waals surface area contributed by atoms with Gasteiger partial charge >= 0.3 is 6.09 Å². The minimum Gasteiger partial charge on any atom is -0.444 e. The lowest BCUT2D eigenvalue weighted by molar-refractivity contribution is -0.0905. The van der Waals surface area contributed by atoms with Crippen LogP contribution in [0.4, 0.5) is 4.79 Å². The lowest BCUT2D eigenvalue weighted by Crippen LogP contribution is -2.55. The summed E-state index contributed by atoms with van der Waals surface area (Å²) in [6.07, 6.45) is 1.78. The molecule has 7 nitrogen and oxygen atoms in total. The van der Waals surface area contributed by atoms with Crippen LogP contribution in [-0.2, 0) is 19.5 Å². The Morgan fingerprint density at radius 2 is 1.76 bits per heavy atom. The maximum absolute atomic E-state index is 12.0. The van der Waals surface area contributed by atoms with E-state index in [2.05, 4.69) is 0 Å². The minimum atomic E-state index is -3.30. The summed E-state index contributed by atoms with van der Waals surface area (Å²) < 4.78 is 36.2. The van der Waals surface area contributed by atoms with Crippen LogP contribution < -0.4 is 0 Å². The number of piperidine rings is 1. The Kier molecular flexibility index (Phi) is 4.25. The van der Waals surface area contributed by atoms with Gasteiger partial charge in [-0.25, -0.2) is 13.2 Å². The molecule has 122 valence electrons. The molecule has 0 radical (unpaired) electrons. The van der Waals surface area contributed by atoms with Gasteiger partial charge in [0, 0.05) is 32.5 Å². The third kappa shape index (κ3) is 3.67. The average Bonchev–Trinajstić information content (AvgIpc) is 2.71. The van der Waals surface area contributed by atoms with E-state index in [1.807, 2.05) is 20.8 Å². The number of rotatable bonds is 1. The number of ether oxygens (including phenoxy) is 2. The second-order valence-corrected chi connectivity index (χ2v) is 8.50. The van der Waals surface area contributed by atoms with E-state index >= 15 is 0 Å². The molecule has 1 amide bonds. The van der Waals surface area contributed by atoms with Crippen LogP contribution in [0.1, 0.15) is 33.6 Å². The van der Waals surface area contributed by atoms with Crippen LogP contribution in [0.3, 0.4) is 0 Å². The fraction of sp³-hybridized carbons (Fsp3) is 0.923. The first-order valence-corrected chi connectivity index (χ1v) is 8.98. The fourth-order valence-electron chi connectivity index (χ4n) is 2.82. The number of carbonyl (C=O) groups excluding carboxylic acids is 1. The predicted molar refractivity (Wildman–Crippen MR) is 77.3 cm³/mol. The van der Waals surface area contributed by atoms with Crippen molar-refractivity contribution in [2.24, 2.45) is 0 Å². The topological polar surface area (TPSA) is 76.2 Å². The number of sulfonamides is 1. The molecule has 2 fully saturated rings. The van der Waals surface area contributed by atoms with E-state index in [0.29, 0.717) is 39.1 Å². The Bertz CT molecular complexity index is 503. The summed E-state index contributed by atoms with van der Waals surface area (Å²) >= 11 is 0. The molecule has 0 aromatic rings. The second kappa shape index (κ2) is 5.40. The quantitative estimate of drug-likeness (QED) is 0.720. The molecule has 0 atom stereocenters. The number of amides is 1. The number of hydrogen-bond donors (Lipinski definition) is 0. The summed E-state index contributed by atoms with van der Waals surface area (Å²) in [6, 6.07) is 0. The molecule has 2 rings (SSSR count). The zero-order valence-corrected chi connectivity index (χ0v) is 13.9. The Morgan fingerprint density at radius 3 is 2.24 bits per heavy atom. The van der Waals surface area contributed by atoms with Crippen molar-refractivity contribution >= 4 is 16.1 Å². The van der Waals surface area contributed by atoms with E-state index < -0.39 is 21.3 Å². The van der Waals surface area contributed by atoms with Gasteiger partial charge in [-0.05, 0) is 20.8 Å². The first-order valence-electron chi connectivity index (χ1n) is 7.13. The highest BCUT2D eigenvalue weighted by Crippen LogP contribution is 2.36. The highest BCUT2D eigenvalue weighted by molar-refractivity contribution is 7.88. The maximum atomic E-state index is 12.0. The van der Waals surface area contributed by atoms with Gasteiger partial charge in [-0.2, -0.15) is 4.31 Å². The summed E-state index contributed by atoms with van der Waals surface area (Å²) in [5, 5.41) is 0. The molecule has 2 heterocycles. The van der Waals surface area contributed by atoms with Crippen molar-refractivity contribution in [3.63, 3.8) is 0 Å². The van der Waals surface area contributed by atoms with E-state index in [9.17, 15) is 13.2 Å². The van der Waals surface area contributed by atoms with Gasteiger partial charge in [0.15, 0.2) is 0 Å². The van der Waals surface area contributed by atoms with E-state index in [0.717, 1.165) is 0 Å². The molecular formula is C13H24N2O5S. The number of hydrogen-bond acceptors (Lipinski definition) is 5. The first kappa shape index (κ1) is 16.5. The zero-order chi connectivity index (χ0) is 15.9. The van der Waals surface area contributed by atoms with E-state index in [1.54, 1.807) is 4.90 Å². The van der Waals surface area contributed by atoms with Gasteiger partial charge in [0.05, 0.1) is 12.9 Å². The summed E-state index contributed by atoms with van der Waals surface area (Å²) in [6.45, 7) is 7.11. The van der Waals surface area contributed by atoms with Crippen LogP contribution in [0.15, 0.2) is 0 Å². The van der Waals surface area contributed by atoms with Crippen LogP contribution >= 0.6 is 0 Å². The van der Waals surface area contributed by atoms with Crippen LogP contribution in [-0.4, -0.2) is 67.5 Å². The van der Waals surface area contributed by atoms with Crippen molar-refractivity contribution in [2.45, 2.75) is 44.9 Å². The molecule has 2 saturated heterocycles. The standard InChI is InChI=1S/C13H24N2O5S/c1-12(2,3)20-11(16)14-7-5-13(6-8-14)15(9-10-19-13)21(4,17)18/h5-10H2,1-4H3. The molecule has 2 aliphatic rings. The van der Waals surface area contributed by atoms with Gasteiger partial charge in [0.25, 0.3) is 0 Å². The number of likely N-dealkylation sites (tertiary alicyclic amines) is 1. The van der Waals surface area contributed by atoms with Gasteiger partial charge in [0.1, 0.15) is 11.3 Å². The van der Waals surface area contributed by atoms with Crippen LogP contribution in [0, 0.1) is 0 Å². The van der Waals surface area contributed by atoms with Crippen molar-refractivity contribution < 1.29 is 22.7 Å². The first-order chi connectivity index (χ1) is 9.54. The van der Waals surface area contributed by atoms with Gasteiger partial charge in [-0.1, -0.05) is 0 Å². The minimum absolute atomic E-state index is 0.360. The zero-order valence-electron chi connectivity index (χ0n) is 13.1. The Balaban J connectivity index is 2.01. The van der Waals surface area contributed by atoms with Crippen molar-refractivity contribution in [3.05, 3.63) is 0 Å². The molecule has 0 bridgehead atoms. The van der Waals surface area contributed by atoms with Crippen LogP contribution in [0.2, 0.25) is 0 Å². The molecule has 1 spiro atoms. The molecule has 21 heavy (non-hydrogen) atoms. The molecule has 0 aromatic carbocycles. The van der Waals surface area contributed by atoms with Gasteiger partial charge < -0.3 is 14.4 Å². The monoisotopic (exact) mass is 320 g/mol. The lowest BCUT2D eigenvalue weighted by Gasteiger charge is -2.42. The molecule has 0 unspecified atom stereocenters. The molecular weight excluding hydrogens is 296 g/mol. The van der Waals surface area contributed by atoms with Gasteiger partial charge in [0.2, 0.25) is 10.0 Å². The van der Waals surface area contributed by atoms with Crippen molar-refractivity contribution in [1.29, 1.82) is 0 Å². The Hall–Kier alpha value is -0.860. The predicted octanol–water partition coefficient (Wildman–Crippen LogP) is 1.01. The third-order valence-corrected chi connectivity index (χ3v) is 5.03. The maximum Gasteiger partial charge on any atom is 0.410 e. The number of nitrogens with zero attached hydrogens (tertiary/aromatic N) is 2. The van der Waals surface area contributed by atoms with E-state index in [1.165, 1.54) is 10.6 Å². The fourth-order valence-corrected chi connectivity index (χ4v) is 4.07. The normalized spacial score (nSPS) is 23.5. The van der Waals surface area contributed by atoms with Crippen molar-refractivity contribution in [3.8, 4) is 0 Å². The molecule has 0 aromatic heterocycles. The Labute approximate surface area is 126 Å². The SMILES string of the molecule is CC(C)(C)OC(=O)N1CCC2(CC1)OCCN2S(C)(=O)=O. The summed E-state index contributed by atoms with van der Waals surface area (Å²) in [4.78, 5) is 13.6. The molecule has 0 saturated carbocycles. The van der Waals surface area contributed by atoms with Crippen molar-refractivity contribution in [2.75, 3.05) is 32.5 Å².